The maximum atomic E-state index is 12.2. The summed E-state index contributed by atoms with van der Waals surface area (Å²) < 4.78 is 27.1. The van der Waals surface area contributed by atoms with Gasteiger partial charge in [0.2, 0.25) is 10.0 Å². The van der Waals surface area contributed by atoms with Gasteiger partial charge in [-0.1, -0.05) is 0 Å². The minimum Gasteiger partial charge on any atom is -0.208 e. The first-order valence-corrected chi connectivity index (χ1v) is 8.87. The molecule has 1 aromatic rings. The second-order valence-corrected chi connectivity index (χ2v) is 7.48. The van der Waals surface area contributed by atoms with E-state index in [1.807, 2.05) is 6.07 Å². The molecule has 0 bridgehead atoms. The van der Waals surface area contributed by atoms with Crippen molar-refractivity contribution in [3.05, 3.63) is 29.8 Å². The molecule has 0 radical (unpaired) electrons. The molecule has 1 N–H and O–H groups in total. The molecule has 0 spiro atoms. The smallest absolute Gasteiger partial charge is 0.208 e. The summed E-state index contributed by atoms with van der Waals surface area (Å²) in [6.45, 7) is 0. The number of nitrogens with zero attached hydrogens (tertiary/aromatic N) is 1. The highest BCUT2D eigenvalue weighted by Crippen LogP contribution is 2.29. The van der Waals surface area contributed by atoms with Crippen LogP contribution in [-0.4, -0.2) is 26.0 Å². The van der Waals surface area contributed by atoms with Crippen LogP contribution in [0, 0.1) is 11.3 Å². The van der Waals surface area contributed by atoms with Crippen molar-refractivity contribution in [2.45, 2.75) is 35.4 Å². The zero-order chi connectivity index (χ0) is 13.9. The fraction of sp³-hybridized carbons (Fsp3) is 0.462. The summed E-state index contributed by atoms with van der Waals surface area (Å²) in [6, 6.07) is 7.99. The summed E-state index contributed by atoms with van der Waals surface area (Å²) in [5.74, 6) is 0. The number of thioether (sulfide) groups is 1. The number of hydrogen-bond acceptors (Lipinski definition) is 4. The van der Waals surface area contributed by atoms with Crippen molar-refractivity contribution in [1.82, 2.24) is 4.72 Å². The fourth-order valence-corrected chi connectivity index (χ4v) is 4.34. The van der Waals surface area contributed by atoms with Crippen molar-refractivity contribution in [2.24, 2.45) is 0 Å². The number of nitrogens with one attached hydrogen (secondary N) is 1. The highest BCUT2D eigenvalue weighted by molar-refractivity contribution is 7.99. The quantitative estimate of drug-likeness (QED) is 0.924. The van der Waals surface area contributed by atoms with E-state index in [0.29, 0.717) is 10.8 Å². The van der Waals surface area contributed by atoms with E-state index < -0.39 is 10.0 Å². The van der Waals surface area contributed by atoms with Crippen LogP contribution in [0.15, 0.2) is 29.2 Å². The lowest BCUT2D eigenvalue weighted by atomic mass is 10.2. The molecule has 1 saturated carbocycles. The lowest BCUT2D eigenvalue weighted by Gasteiger charge is -2.13. The van der Waals surface area contributed by atoms with E-state index >= 15 is 0 Å². The summed E-state index contributed by atoms with van der Waals surface area (Å²) in [5.41, 5.74) is 0.460. The van der Waals surface area contributed by atoms with Crippen LogP contribution in [0.1, 0.15) is 24.8 Å². The normalized spacial score (nSPS) is 23.2. The SMILES string of the molecule is CSC1CCC(NS(=O)(=O)c2ccc(C#N)cc2)C1. The molecule has 19 heavy (non-hydrogen) atoms. The van der Waals surface area contributed by atoms with Gasteiger partial charge in [0.05, 0.1) is 16.5 Å². The third-order valence-corrected chi connectivity index (χ3v) is 5.96. The molecule has 1 aliphatic rings. The number of rotatable bonds is 4. The minimum absolute atomic E-state index is 0.0260. The molecule has 102 valence electrons. The Hall–Kier alpha value is -1.03. The van der Waals surface area contributed by atoms with E-state index in [-0.39, 0.29) is 10.9 Å². The van der Waals surface area contributed by atoms with Crippen LogP contribution >= 0.6 is 11.8 Å². The topological polar surface area (TPSA) is 70.0 Å². The predicted octanol–water partition coefficient (Wildman–Crippen LogP) is 2.12. The Labute approximate surface area is 118 Å². The molecule has 0 aromatic heterocycles. The second kappa shape index (κ2) is 5.95. The molecule has 0 saturated heterocycles. The van der Waals surface area contributed by atoms with Gasteiger partial charge in [-0.3, -0.25) is 0 Å². The lowest BCUT2D eigenvalue weighted by molar-refractivity contribution is 0.552. The van der Waals surface area contributed by atoms with E-state index in [2.05, 4.69) is 11.0 Å². The van der Waals surface area contributed by atoms with Crippen molar-refractivity contribution >= 4 is 21.8 Å². The summed E-state index contributed by atoms with van der Waals surface area (Å²) in [5, 5.41) is 9.25. The van der Waals surface area contributed by atoms with Gasteiger partial charge in [0, 0.05) is 11.3 Å². The number of benzene rings is 1. The van der Waals surface area contributed by atoms with Gasteiger partial charge in [-0.2, -0.15) is 17.0 Å². The van der Waals surface area contributed by atoms with Gasteiger partial charge in [0.15, 0.2) is 0 Å². The second-order valence-electron chi connectivity index (χ2n) is 4.63. The van der Waals surface area contributed by atoms with Crippen molar-refractivity contribution in [3.63, 3.8) is 0 Å². The molecule has 0 amide bonds. The van der Waals surface area contributed by atoms with Crippen molar-refractivity contribution in [2.75, 3.05) is 6.26 Å². The van der Waals surface area contributed by atoms with Crippen LogP contribution in [0.4, 0.5) is 0 Å². The van der Waals surface area contributed by atoms with Crippen LogP contribution in [0.5, 0.6) is 0 Å². The van der Waals surface area contributed by atoms with E-state index in [0.717, 1.165) is 19.3 Å². The van der Waals surface area contributed by atoms with Crippen LogP contribution in [-0.2, 0) is 10.0 Å². The highest BCUT2D eigenvalue weighted by atomic mass is 32.2. The predicted molar refractivity (Wildman–Crippen MR) is 76.4 cm³/mol. The zero-order valence-corrected chi connectivity index (χ0v) is 12.3. The number of nitriles is 1. The average molecular weight is 296 g/mol. The Kier molecular flexibility index (Phi) is 4.50. The Morgan fingerprint density at radius 1 is 1.32 bits per heavy atom. The largest absolute Gasteiger partial charge is 0.240 e. The van der Waals surface area contributed by atoms with Gasteiger partial charge in [0.1, 0.15) is 0 Å². The molecule has 0 heterocycles. The molecule has 1 aliphatic carbocycles. The number of sulfonamides is 1. The van der Waals surface area contributed by atoms with E-state index in [4.69, 9.17) is 5.26 Å². The molecular formula is C13H16N2O2S2. The molecule has 2 atom stereocenters. The molecule has 2 rings (SSSR count). The molecule has 4 nitrogen and oxygen atoms in total. The lowest BCUT2D eigenvalue weighted by Crippen LogP contribution is -2.33. The molecule has 6 heteroatoms. The fourth-order valence-electron chi connectivity index (χ4n) is 2.26. The van der Waals surface area contributed by atoms with Crippen molar-refractivity contribution in [1.29, 1.82) is 5.26 Å². The third kappa shape index (κ3) is 3.50. The summed E-state index contributed by atoms with van der Waals surface area (Å²) in [7, 11) is -3.47. The van der Waals surface area contributed by atoms with Crippen LogP contribution in [0.3, 0.4) is 0 Å². The van der Waals surface area contributed by atoms with Gasteiger partial charge in [-0.05, 0) is 49.8 Å². The summed E-state index contributed by atoms with van der Waals surface area (Å²) in [6.07, 6.45) is 4.89. The minimum atomic E-state index is -3.47. The van der Waals surface area contributed by atoms with E-state index in [1.54, 1.807) is 11.8 Å². The van der Waals surface area contributed by atoms with Crippen molar-refractivity contribution < 1.29 is 8.42 Å². The first kappa shape index (κ1) is 14.4. The van der Waals surface area contributed by atoms with Gasteiger partial charge in [-0.25, -0.2) is 13.1 Å². The maximum absolute atomic E-state index is 12.2. The Balaban J connectivity index is 2.08. The van der Waals surface area contributed by atoms with E-state index in [1.165, 1.54) is 24.3 Å². The van der Waals surface area contributed by atoms with Gasteiger partial charge < -0.3 is 0 Å². The number of hydrogen-bond donors (Lipinski definition) is 1. The monoisotopic (exact) mass is 296 g/mol. The Morgan fingerprint density at radius 2 is 2.00 bits per heavy atom. The zero-order valence-electron chi connectivity index (χ0n) is 10.7. The Morgan fingerprint density at radius 3 is 2.53 bits per heavy atom. The first-order chi connectivity index (χ1) is 9.05. The summed E-state index contributed by atoms with van der Waals surface area (Å²) >= 11 is 1.79. The van der Waals surface area contributed by atoms with Crippen molar-refractivity contribution in [3.8, 4) is 6.07 Å². The van der Waals surface area contributed by atoms with Gasteiger partial charge in [-0.15, -0.1) is 0 Å². The van der Waals surface area contributed by atoms with E-state index in [9.17, 15) is 8.42 Å². The van der Waals surface area contributed by atoms with Crippen LogP contribution in [0.2, 0.25) is 0 Å². The molecular weight excluding hydrogens is 280 g/mol. The van der Waals surface area contributed by atoms with Gasteiger partial charge in [0.25, 0.3) is 0 Å². The molecule has 1 aromatic carbocycles. The average Bonchev–Trinajstić information content (AvgIpc) is 2.85. The molecule has 2 unspecified atom stereocenters. The van der Waals surface area contributed by atoms with Crippen LogP contribution < -0.4 is 4.72 Å². The van der Waals surface area contributed by atoms with Gasteiger partial charge >= 0.3 is 0 Å². The Bertz CT molecular complexity index is 576. The highest BCUT2D eigenvalue weighted by Gasteiger charge is 2.28. The molecule has 0 aliphatic heterocycles. The first-order valence-electron chi connectivity index (χ1n) is 6.10. The standard InChI is InChI=1S/C13H16N2O2S2/c1-18-12-5-4-11(8-12)15-19(16,17)13-6-2-10(9-14)3-7-13/h2-3,6-7,11-12,15H,4-5,8H2,1H3. The molecule has 1 fully saturated rings. The van der Waals surface area contributed by atoms with Crippen LogP contribution in [0.25, 0.3) is 0 Å². The maximum Gasteiger partial charge on any atom is 0.240 e. The summed E-state index contributed by atoms with van der Waals surface area (Å²) in [4.78, 5) is 0.221. The third-order valence-electron chi connectivity index (χ3n) is 3.33.